The largest absolute Gasteiger partial charge is 0.506 e. The van der Waals surface area contributed by atoms with Gasteiger partial charge in [0.15, 0.2) is 0 Å². The van der Waals surface area contributed by atoms with Crippen LogP contribution in [0.2, 0.25) is 5.02 Å². The van der Waals surface area contributed by atoms with Crippen molar-refractivity contribution < 1.29 is 9.90 Å². The number of nitrogens with one attached hydrogen (secondary N) is 1. The first kappa shape index (κ1) is 19.5. The number of hydrogen-bond acceptors (Lipinski definition) is 4. The van der Waals surface area contributed by atoms with Crippen LogP contribution in [0.25, 0.3) is 11.3 Å². The lowest BCUT2D eigenvalue weighted by atomic mass is 10.1. The van der Waals surface area contributed by atoms with Gasteiger partial charge in [0.25, 0.3) is 5.91 Å². The Kier molecular flexibility index (Phi) is 6.26. The number of hydrazone groups is 1. The molecule has 0 bridgehead atoms. The zero-order valence-corrected chi connectivity index (χ0v) is 17.6. The number of aromatic hydroxyl groups is 1. The lowest BCUT2D eigenvalue weighted by molar-refractivity contribution is 0.0955. The molecule has 1 heterocycles. The molecular weight excluding hydrogens is 497 g/mol. The molecule has 3 rings (SSSR count). The quantitative estimate of drug-likeness (QED) is 0.366. The minimum absolute atomic E-state index is 0.0997. The first-order valence-electron chi connectivity index (χ1n) is 7.67. The topological polar surface area (TPSA) is 74.6 Å². The Morgan fingerprint density at radius 3 is 2.44 bits per heavy atom. The SMILES string of the molecule is O=C(NN=Cc1cc(Br)c(O)c(Br)c1)c1ccnc(-c2ccc(Cl)cc2)c1. The lowest BCUT2D eigenvalue weighted by Crippen LogP contribution is -2.17. The summed E-state index contributed by atoms with van der Waals surface area (Å²) in [5.74, 6) is -0.261. The van der Waals surface area contributed by atoms with E-state index in [2.05, 4.69) is 47.4 Å². The van der Waals surface area contributed by atoms with Crippen molar-refractivity contribution in [1.82, 2.24) is 10.4 Å². The summed E-state index contributed by atoms with van der Waals surface area (Å²) in [6.07, 6.45) is 3.05. The molecule has 0 radical (unpaired) electrons. The maximum atomic E-state index is 12.3. The molecule has 0 spiro atoms. The van der Waals surface area contributed by atoms with Crippen LogP contribution in [0.3, 0.4) is 0 Å². The van der Waals surface area contributed by atoms with Crippen molar-refractivity contribution in [1.29, 1.82) is 0 Å². The number of hydrogen-bond donors (Lipinski definition) is 2. The van der Waals surface area contributed by atoms with E-state index in [0.717, 1.165) is 5.56 Å². The summed E-state index contributed by atoms with van der Waals surface area (Å²) in [5.41, 5.74) is 5.13. The van der Waals surface area contributed by atoms with Crippen molar-refractivity contribution >= 4 is 55.6 Å². The molecule has 0 atom stereocenters. The van der Waals surface area contributed by atoms with E-state index in [9.17, 15) is 9.90 Å². The van der Waals surface area contributed by atoms with Crippen molar-refractivity contribution in [2.45, 2.75) is 0 Å². The van der Waals surface area contributed by atoms with Crippen LogP contribution >= 0.6 is 43.5 Å². The number of rotatable bonds is 4. The predicted molar refractivity (Wildman–Crippen MR) is 113 cm³/mol. The third-order valence-electron chi connectivity index (χ3n) is 3.58. The third-order valence-corrected chi connectivity index (χ3v) is 5.04. The van der Waals surface area contributed by atoms with Gasteiger partial charge in [0.05, 0.1) is 20.9 Å². The molecule has 0 unspecified atom stereocenters. The summed E-state index contributed by atoms with van der Waals surface area (Å²) in [6, 6.07) is 13.9. The van der Waals surface area contributed by atoms with Crippen molar-refractivity contribution in [3.05, 3.63) is 79.8 Å². The Bertz CT molecular complexity index is 1000. The normalized spacial score (nSPS) is 10.9. The van der Waals surface area contributed by atoms with E-state index in [1.54, 1.807) is 42.6 Å². The standard InChI is InChI=1S/C19H12Br2ClN3O2/c20-15-7-11(8-16(21)18(15)26)10-24-25-19(27)13-5-6-23-17(9-13)12-1-3-14(22)4-2-12/h1-10,26H,(H,25,27). The molecule has 136 valence electrons. The van der Waals surface area contributed by atoms with Gasteiger partial charge in [-0.05, 0) is 73.8 Å². The molecule has 3 aromatic rings. The van der Waals surface area contributed by atoms with Gasteiger partial charge in [-0.3, -0.25) is 9.78 Å². The van der Waals surface area contributed by atoms with E-state index in [0.29, 0.717) is 30.8 Å². The molecule has 0 fully saturated rings. The predicted octanol–water partition coefficient (Wildman–Crippen LogP) is 5.40. The monoisotopic (exact) mass is 507 g/mol. The second-order valence-electron chi connectivity index (χ2n) is 5.47. The minimum atomic E-state index is -0.360. The molecule has 0 aliphatic carbocycles. The Hall–Kier alpha value is -2.22. The number of nitrogens with zero attached hydrogens (tertiary/aromatic N) is 2. The first-order valence-corrected chi connectivity index (χ1v) is 9.64. The summed E-state index contributed by atoms with van der Waals surface area (Å²) < 4.78 is 1.04. The van der Waals surface area contributed by atoms with Crippen LogP contribution in [-0.2, 0) is 0 Å². The van der Waals surface area contributed by atoms with Gasteiger partial charge in [0.1, 0.15) is 5.75 Å². The molecule has 1 amide bonds. The number of halogens is 3. The molecule has 5 nitrogen and oxygen atoms in total. The zero-order valence-electron chi connectivity index (χ0n) is 13.7. The molecule has 0 saturated heterocycles. The highest BCUT2D eigenvalue weighted by molar-refractivity contribution is 9.11. The van der Waals surface area contributed by atoms with E-state index >= 15 is 0 Å². The maximum Gasteiger partial charge on any atom is 0.271 e. The van der Waals surface area contributed by atoms with E-state index in [1.165, 1.54) is 6.21 Å². The average molecular weight is 510 g/mol. The number of phenolic OH excluding ortho intramolecular Hbond substituents is 1. The van der Waals surface area contributed by atoms with Crippen LogP contribution in [0, 0.1) is 0 Å². The van der Waals surface area contributed by atoms with Crippen molar-refractivity contribution in [3.63, 3.8) is 0 Å². The second kappa shape index (κ2) is 8.65. The number of carbonyl (C=O) groups is 1. The minimum Gasteiger partial charge on any atom is -0.506 e. The number of carbonyl (C=O) groups excluding carboxylic acids is 1. The van der Waals surface area contributed by atoms with Gasteiger partial charge in [-0.1, -0.05) is 23.7 Å². The molecule has 2 N–H and O–H groups in total. The highest BCUT2D eigenvalue weighted by Crippen LogP contribution is 2.32. The summed E-state index contributed by atoms with van der Waals surface area (Å²) >= 11 is 12.4. The Morgan fingerprint density at radius 1 is 1.11 bits per heavy atom. The van der Waals surface area contributed by atoms with Gasteiger partial charge < -0.3 is 5.11 Å². The van der Waals surface area contributed by atoms with Gasteiger partial charge in [-0.2, -0.15) is 5.10 Å². The average Bonchev–Trinajstić information content (AvgIpc) is 2.66. The van der Waals surface area contributed by atoms with E-state index in [4.69, 9.17) is 11.6 Å². The fourth-order valence-corrected chi connectivity index (χ4v) is 3.59. The van der Waals surface area contributed by atoms with Gasteiger partial charge >= 0.3 is 0 Å². The van der Waals surface area contributed by atoms with Crippen LogP contribution in [0.4, 0.5) is 0 Å². The van der Waals surface area contributed by atoms with E-state index in [1.807, 2.05) is 12.1 Å². The molecule has 0 saturated carbocycles. The van der Waals surface area contributed by atoms with E-state index in [-0.39, 0.29) is 11.7 Å². The van der Waals surface area contributed by atoms with Crippen molar-refractivity contribution in [3.8, 4) is 17.0 Å². The van der Waals surface area contributed by atoms with Gasteiger partial charge in [-0.25, -0.2) is 5.43 Å². The lowest BCUT2D eigenvalue weighted by Gasteiger charge is -2.05. The third kappa shape index (κ3) is 4.94. The number of aromatic nitrogens is 1. The zero-order chi connectivity index (χ0) is 19.4. The summed E-state index contributed by atoms with van der Waals surface area (Å²) in [4.78, 5) is 16.6. The molecule has 1 aromatic heterocycles. The van der Waals surface area contributed by atoms with Crippen LogP contribution in [-0.4, -0.2) is 22.2 Å². The van der Waals surface area contributed by atoms with Crippen LogP contribution in [0.15, 0.2) is 68.8 Å². The maximum absolute atomic E-state index is 12.3. The van der Waals surface area contributed by atoms with Crippen molar-refractivity contribution in [2.75, 3.05) is 0 Å². The smallest absolute Gasteiger partial charge is 0.271 e. The van der Waals surface area contributed by atoms with Gasteiger partial charge in [0, 0.05) is 22.3 Å². The second-order valence-corrected chi connectivity index (χ2v) is 7.61. The molecule has 27 heavy (non-hydrogen) atoms. The summed E-state index contributed by atoms with van der Waals surface area (Å²) in [6.45, 7) is 0. The fraction of sp³-hybridized carbons (Fsp3) is 0. The number of amides is 1. The Morgan fingerprint density at radius 2 is 1.78 bits per heavy atom. The number of pyridine rings is 1. The number of benzene rings is 2. The number of phenols is 1. The highest BCUT2D eigenvalue weighted by Gasteiger charge is 2.08. The summed E-state index contributed by atoms with van der Waals surface area (Å²) in [7, 11) is 0. The first-order chi connectivity index (χ1) is 12.9. The van der Waals surface area contributed by atoms with Crippen LogP contribution < -0.4 is 5.43 Å². The molecular formula is C19H12Br2ClN3O2. The van der Waals surface area contributed by atoms with E-state index < -0.39 is 0 Å². The van der Waals surface area contributed by atoms with Gasteiger partial charge in [0.2, 0.25) is 0 Å². The molecule has 0 aliphatic heterocycles. The molecule has 8 heteroatoms. The summed E-state index contributed by atoms with van der Waals surface area (Å²) in [5, 5.41) is 14.3. The van der Waals surface area contributed by atoms with Crippen LogP contribution in [0.1, 0.15) is 15.9 Å². The van der Waals surface area contributed by atoms with Gasteiger partial charge in [-0.15, -0.1) is 0 Å². The fourth-order valence-electron chi connectivity index (χ4n) is 2.24. The van der Waals surface area contributed by atoms with Crippen LogP contribution in [0.5, 0.6) is 5.75 Å². The molecule has 2 aromatic carbocycles. The molecule has 0 aliphatic rings. The Labute approximate surface area is 177 Å². The van der Waals surface area contributed by atoms with Crippen molar-refractivity contribution in [2.24, 2.45) is 5.10 Å². The highest BCUT2D eigenvalue weighted by atomic mass is 79.9. The Balaban J connectivity index is 1.73.